The lowest BCUT2D eigenvalue weighted by Gasteiger charge is -2.06. The van der Waals surface area contributed by atoms with Crippen LogP contribution in [0.3, 0.4) is 0 Å². The summed E-state index contributed by atoms with van der Waals surface area (Å²) in [6, 6.07) is 0. The molecular formula is C11H25ClN2O2. The third-order valence-corrected chi connectivity index (χ3v) is 1.93. The summed E-state index contributed by atoms with van der Waals surface area (Å²) >= 11 is 0. The minimum atomic E-state index is -0.0237. The molecule has 0 aromatic rings. The van der Waals surface area contributed by atoms with Crippen molar-refractivity contribution in [3.63, 3.8) is 0 Å². The molecule has 4 nitrogen and oxygen atoms in total. The molecule has 0 aliphatic carbocycles. The maximum absolute atomic E-state index is 11.2. The lowest BCUT2D eigenvalue weighted by molar-refractivity contribution is -0.125. The molecule has 0 atom stereocenters. The van der Waals surface area contributed by atoms with Crippen LogP contribution in [0.5, 0.6) is 0 Å². The standard InChI is InChI=1S/C11H24N2O2.ClH/c1-3-5-9-15-10-11(14)13-8-7-12-6-4-2;/h12H,3-10H2,1-2H3,(H,13,14);1H. The quantitative estimate of drug-likeness (QED) is 0.577. The van der Waals surface area contributed by atoms with E-state index in [1.165, 1.54) is 0 Å². The summed E-state index contributed by atoms with van der Waals surface area (Å²) in [4.78, 5) is 11.2. The molecule has 0 aromatic heterocycles. The highest BCUT2D eigenvalue weighted by Crippen LogP contribution is 1.86. The Bertz CT molecular complexity index is 157. The van der Waals surface area contributed by atoms with Gasteiger partial charge in [0.05, 0.1) is 0 Å². The highest BCUT2D eigenvalue weighted by Gasteiger charge is 1.99. The zero-order valence-electron chi connectivity index (χ0n) is 10.4. The molecule has 0 aliphatic heterocycles. The van der Waals surface area contributed by atoms with Crippen LogP contribution in [-0.2, 0) is 9.53 Å². The molecule has 0 rings (SSSR count). The highest BCUT2D eigenvalue weighted by atomic mass is 35.5. The average Bonchev–Trinajstić information content (AvgIpc) is 2.24. The first kappa shape index (κ1) is 18.1. The van der Waals surface area contributed by atoms with E-state index in [1.807, 2.05) is 0 Å². The van der Waals surface area contributed by atoms with E-state index in [1.54, 1.807) is 0 Å². The molecule has 16 heavy (non-hydrogen) atoms. The molecule has 1 amide bonds. The Morgan fingerprint density at radius 2 is 1.88 bits per heavy atom. The van der Waals surface area contributed by atoms with Crippen molar-refractivity contribution in [1.29, 1.82) is 0 Å². The van der Waals surface area contributed by atoms with E-state index in [0.717, 1.165) is 32.4 Å². The number of rotatable bonds is 10. The van der Waals surface area contributed by atoms with Crippen LogP contribution >= 0.6 is 12.4 Å². The Labute approximate surface area is 105 Å². The van der Waals surface area contributed by atoms with Crippen molar-refractivity contribution in [1.82, 2.24) is 10.6 Å². The Hall–Kier alpha value is -0.320. The summed E-state index contributed by atoms with van der Waals surface area (Å²) in [6.45, 7) is 7.59. The normalized spacial score (nSPS) is 9.62. The first-order valence-electron chi connectivity index (χ1n) is 5.86. The van der Waals surface area contributed by atoms with E-state index in [9.17, 15) is 4.79 Å². The van der Waals surface area contributed by atoms with Crippen LogP contribution in [0.4, 0.5) is 0 Å². The maximum Gasteiger partial charge on any atom is 0.246 e. The second-order valence-corrected chi connectivity index (χ2v) is 3.51. The van der Waals surface area contributed by atoms with Crippen molar-refractivity contribution >= 4 is 18.3 Å². The number of halogens is 1. The van der Waals surface area contributed by atoms with Gasteiger partial charge in [0.15, 0.2) is 0 Å². The molecule has 5 heteroatoms. The summed E-state index contributed by atoms with van der Waals surface area (Å²) in [5.41, 5.74) is 0. The van der Waals surface area contributed by atoms with Gasteiger partial charge in [-0.15, -0.1) is 12.4 Å². The average molecular weight is 253 g/mol. The molecule has 0 saturated heterocycles. The summed E-state index contributed by atoms with van der Waals surface area (Å²) in [7, 11) is 0. The number of carbonyl (C=O) groups excluding carboxylic acids is 1. The van der Waals surface area contributed by atoms with Crippen molar-refractivity contribution in [3.05, 3.63) is 0 Å². The minimum Gasteiger partial charge on any atom is -0.372 e. The van der Waals surface area contributed by atoms with Gasteiger partial charge in [0.2, 0.25) is 5.91 Å². The lowest BCUT2D eigenvalue weighted by Crippen LogP contribution is -2.34. The molecule has 0 aliphatic rings. The van der Waals surface area contributed by atoms with Gasteiger partial charge in [0, 0.05) is 19.7 Å². The van der Waals surface area contributed by atoms with Crippen LogP contribution in [0.1, 0.15) is 33.1 Å². The number of hydrogen-bond acceptors (Lipinski definition) is 3. The smallest absolute Gasteiger partial charge is 0.246 e. The van der Waals surface area contributed by atoms with Crippen molar-refractivity contribution < 1.29 is 9.53 Å². The molecular weight excluding hydrogens is 228 g/mol. The summed E-state index contributed by atoms with van der Waals surface area (Å²) in [5.74, 6) is -0.0237. The highest BCUT2D eigenvalue weighted by molar-refractivity contribution is 5.85. The van der Waals surface area contributed by atoms with Crippen molar-refractivity contribution in [2.75, 3.05) is 32.8 Å². The van der Waals surface area contributed by atoms with E-state index >= 15 is 0 Å². The molecule has 0 radical (unpaired) electrons. The fourth-order valence-corrected chi connectivity index (χ4v) is 1.05. The Balaban J connectivity index is 0. The third-order valence-electron chi connectivity index (χ3n) is 1.93. The molecule has 0 fully saturated rings. The van der Waals surface area contributed by atoms with Gasteiger partial charge in [-0.05, 0) is 19.4 Å². The van der Waals surface area contributed by atoms with Crippen LogP contribution in [0.25, 0.3) is 0 Å². The zero-order chi connectivity index (χ0) is 11.4. The number of amides is 1. The van der Waals surface area contributed by atoms with Gasteiger partial charge in [-0.25, -0.2) is 0 Å². The maximum atomic E-state index is 11.2. The van der Waals surface area contributed by atoms with Gasteiger partial charge in [-0.2, -0.15) is 0 Å². The number of unbranched alkanes of at least 4 members (excludes halogenated alkanes) is 1. The molecule has 0 heterocycles. The van der Waals surface area contributed by atoms with Gasteiger partial charge in [0.1, 0.15) is 6.61 Å². The van der Waals surface area contributed by atoms with Gasteiger partial charge in [-0.3, -0.25) is 4.79 Å². The van der Waals surface area contributed by atoms with Crippen molar-refractivity contribution in [2.45, 2.75) is 33.1 Å². The number of carbonyl (C=O) groups is 1. The minimum absolute atomic E-state index is 0. The second kappa shape index (κ2) is 14.7. The van der Waals surface area contributed by atoms with Crippen LogP contribution < -0.4 is 10.6 Å². The van der Waals surface area contributed by atoms with Gasteiger partial charge in [0.25, 0.3) is 0 Å². The van der Waals surface area contributed by atoms with Crippen LogP contribution in [0.15, 0.2) is 0 Å². The number of ether oxygens (including phenoxy) is 1. The molecule has 0 aromatic carbocycles. The molecule has 0 bridgehead atoms. The van der Waals surface area contributed by atoms with Gasteiger partial charge < -0.3 is 15.4 Å². The first-order valence-corrected chi connectivity index (χ1v) is 5.86. The molecule has 0 unspecified atom stereocenters. The SMILES string of the molecule is CCCCOCC(=O)NCCNCCC.Cl. The lowest BCUT2D eigenvalue weighted by atomic mass is 10.4. The first-order chi connectivity index (χ1) is 7.31. The summed E-state index contributed by atoms with van der Waals surface area (Å²) in [6.07, 6.45) is 3.24. The van der Waals surface area contributed by atoms with E-state index in [4.69, 9.17) is 4.74 Å². The fraction of sp³-hybridized carbons (Fsp3) is 0.909. The Kier molecular flexibility index (Phi) is 16.6. The number of hydrogen-bond donors (Lipinski definition) is 2. The molecule has 2 N–H and O–H groups in total. The molecule has 0 spiro atoms. The number of nitrogens with one attached hydrogen (secondary N) is 2. The van der Waals surface area contributed by atoms with E-state index in [2.05, 4.69) is 24.5 Å². The summed E-state index contributed by atoms with van der Waals surface area (Å²) in [5, 5.41) is 6.00. The van der Waals surface area contributed by atoms with Crippen LogP contribution in [0, 0.1) is 0 Å². The van der Waals surface area contributed by atoms with Crippen LogP contribution in [0.2, 0.25) is 0 Å². The third kappa shape index (κ3) is 13.7. The topological polar surface area (TPSA) is 50.4 Å². The van der Waals surface area contributed by atoms with E-state index in [0.29, 0.717) is 13.2 Å². The predicted molar refractivity (Wildman–Crippen MR) is 69.1 cm³/mol. The Morgan fingerprint density at radius 3 is 2.50 bits per heavy atom. The van der Waals surface area contributed by atoms with Crippen LogP contribution in [-0.4, -0.2) is 38.8 Å². The largest absolute Gasteiger partial charge is 0.372 e. The monoisotopic (exact) mass is 252 g/mol. The summed E-state index contributed by atoms with van der Waals surface area (Å²) < 4.78 is 5.18. The fourth-order valence-electron chi connectivity index (χ4n) is 1.05. The van der Waals surface area contributed by atoms with Gasteiger partial charge >= 0.3 is 0 Å². The Morgan fingerprint density at radius 1 is 1.12 bits per heavy atom. The molecule has 0 saturated carbocycles. The van der Waals surface area contributed by atoms with Crippen molar-refractivity contribution in [2.24, 2.45) is 0 Å². The molecule has 98 valence electrons. The second-order valence-electron chi connectivity index (χ2n) is 3.51. The van der Waals surface area contributed by atoms with Crippen molar-refractivity contribution in [3.8, 4) is 0 Å². The predicted octanol–water partition coefficient (Wildman–Crippen LogP) is 1.34. The van der Waals surface area contributed by atoms with E-state index in [-0.39, 0.29) is 24.9 Å². The van der Waals surface area contributed by atoms with E-state index < -0.39 is 0 Å². The van der Waals surface area contributed by atoms with Gasteiger partial charge in [-0.1, -0.05) is 20.3 Å². The zero-order valence-corrected chi connectivity index (χ0v) is 11.2.